The van der Waals surface area contributed by atoms with E-state index in [1.165, 1.54) is 4.90 Å². The zero-order valence-electron chi connectivity index (χ0n) is 12.5. The fourth-order valence-electron chi connectivity index (χ4n) is 1.81. The maximum atomic E-state index is 12.1. The predicted octanol–water partition coefficient (Wildman–Crippen LogP) is 0.877. The van der Waals surface area contributed by atoms with Crippen LogP contribution in [0.5, 0.6) is 0 Å². The summed E-state index contributed by atoms with van der Waals surface area (Å²) in [7, 11) is 1.60. The second-order valence-electron chi connectivity index (χ2n) is 6.13. The Labute approximate surface area is 110 Å². The quantitative estimate of drug-likeness (QED) is 0.767. The molecule has 3 N–H and O–H groups in total. The van der Waals surface area contributed by atoms with E-state index in [0.29, 0.717) is 6.42 Å². The van der Waals surface area contributed by atoms with Gasteiger partial charge in [-0.15, -0.1) is 0 Å². The maximum absolute atomic E-state index is 12.1. The summed E-state index contributed by atoms with van der Waals surface area (Å²) in [6, 6.07) is 0. The van der Waals surface area contributed by atoms with Crippen molar-refractivity contribution < 1.29 is 9.59 Å². The second kappa shape index (κ2) is 6.18. The Balaban J connectivity index is 4.45. The number of amides is 2. The third kappa shape index (κ3) is 6.00. The lowest BCUT2D eigenvalue weighted by molar-refractivity contribution is -0.139. The lowest BCUT2D eigenvalue weighted by Gasteiger charge is -2.29. The fourth-order valence-corrected chi connectivity index (χ4v) is 1.81. The molecule has 18 heavy (non-hydrogen) atoms. The van der Waals surface area contributed by atoms with Gasteiger partial charge in [-0.05, 0) is 34.1 Å². The summed E-state index contributed by atoms with van der Waals surface area (Å²) in [4.78, 5) is 25.2. The van der Waals surface area contributed by atoms with Gasteiger partial charge in [0.05, 0.1) is 12.1 Å². The van der Waals surface area contributed by atoms with E-state index >= 15 is 0 Å². The summed E-state index contributed by atoms with van der Waals surface area (Å²) < 4.78 is 0. The number of carbonyl (C=O) groups is 2. The molecule has 0 aromatic rings. The highest BCUT2D eigenvalue weighted by molar-refractivity contribution is 5.89. The van der Waals surface area contributed by atoms with Crippen LogP contribution < -0.4 is 11.1 Å². The Morgan fingerprint density at radius 2 is 1.72 bits per heavy atom. The van der Waals surface area contributed by atoms with E-state index in [0.717, 1.165) is 6.42 Å². The molecular weight excluding hydrogens is 230 g/mol. The first-order valence-electron chi connectivity index (χ1n) is 6.35. The number of nitrogens with zero attached hydrogens (tertiary/aromatic N) is 1. The molecule has 0 heterocycles. The zero-order valence-corrected chi connectivity index (χ0v) is 12.5. The molecule has 0 aliphatic carbocycles. The summed E-state index contributed by atoms with van der Waals surface area (Å²) in [5, 5.41) is 2.81. The molecule has 0 spiro atoms. The van der Waals surface area contributed by atoms with Gasteiger partial charge in [0, 0.05) is 12.6 Å². The minimum absolute atomic E-state index is 0.0343. The minimum atomic E-state index is -0.897. The molecule has 0 saturated carbocycles. The Bertz CT molecular complexity index is 306. The molecule has 0 aliphatic heterocycles. The van der Waals surface area contributed by atoms with Crippen molar-refractivity contribution >= 4 is 11.8 Å². The van der Waals surface area contributed by atoms with Crippen molar-refractivity contribution in [2.75, 3.05) is 13.6 Å². The van der Waals surface area contributed by atoms with Crippen molar-refractivity contribution in [1.82, 2.24) is 10.2 Å². The molecular formula is C13H27N3O2. The molecule has 1 unspecified atom stereocenters. The standard InChI is InChI=1S/C13H27N3O2/c1-7-8-13(5,14)11(18)16(6)9-10(17)15-12(2,3)4/h7-9,14H2,1-6H3,(H,15,17). The second-order valence-corrected chi connectivity index (χ2v) is 6.13. The number of nitrogens with one attached hydrogen (secondary N) is 1. The Morgan fingerprint density at radius 3 is 2.11 bits per heavy atom. The van der Waals surface area contributed by atoms with E-state index in [2.05, 4.69) is 5.32 Å². The number of nitrogens with two attached hydrogens (primary N) is 1. The molecule has 0 aromatic carbocycles. The Kier molecular flexibility index (Phi) is 5.80. The van der Waals surface area contributed by atoms with Crippen LogP contribution in [0.3, 0.4) is 0 Å². The Morgan fingerprint density at radius 1 is 1.22 bits per heavy atom. The summed E-state index contributed by atoms with van der Waals surface area (Å²) in [5.41, 5.74) is 4.76. The van der Waals surface area contributed by atoms with Crippen molar-refractivity contribution in [1.29, 1.82) is 0 Å². The van der Waals surface area contributed by atoms with E-state index < -0.39 is 5.54 Å². The third-order valence-electron chi connectivity index (χ3n) is 2.50. The summed E-state index contributed by atoms with van der Waals surface area (Å²) in [6.45, 7) is 9.42. The van der Waals surface area contributed by atoms with Gasteiger partial charge in [0.15, 0.2) is 0 Å². The largest absolute Gasteiger partial charge is 0.350 e. The van der Waals surface area contributed by atoms with Crippen LogP contribution in [-0.2, 0) is 9.59 Å². The van der Waals surface area contributed by atoms with E-state index in [1.807, 2.05) is 27.7 Å². The molecule has 0 fully saturated rings. The number of hydrogen-bond acceptors (Lipinski definition) is 3. The first-order chi connectivity index (χ1) is 7.99. The molecule has 2 amide bonds. The molecule has 0 aliphatic rings. The van der Waals surface area contributed by atoms with Gasteiger partial charge in [0.25, 0.3) is 0 Å². The lowest BCUT2D eigenvalue weighted by Crippen LogP contribution is -2.54. The minimum Gasteiger partial charge on any atom is -0.350 e. The van der Waals surface area contributed by atoms with Crippen LogP contribution in [0.25, 0.3) is 0 Å². The zero-order chi connectivity index (χ0) is 14.6. The summed E-state index contributed by atoms with van der Waals surface area (Å²) in [5.74, 6) is -0.376. The van der Waals surface area contributed by atoms with Gasteiger partial charge in [-0.3, -0.25) is 9.59 Å². The average molecular weight is 257 g/mol. The van der Waals surface area contributed by atoms with Gasteiger partial charge in [-0.25, -0.2) is 0 Å². The van der Waals surface area contributed by atoms with Crippen molar-refractivity contribution in [3.8, 4) is 0 Å². The predicted molar refractivity (Wildman–Crippen MR) is 73.0 cm³/mol. The fraction of sp³-hybridized carbons (Fsp3) is 0.846. The SMILES string of the molecule is CCCC(C)(N)C(=O)N(C)CC(=O)NC(C)(C)C. The number of carbonyl (C=O) groups excluding carboxylic acids is 2. The van der Waals surface area contributed by atoms with Crippen molar-refractivity contribution in [2.45, 2.75) is 58.5 Å². The first-order valence-corrected chi connectivity index (χ1v) is 6.35. The normalized spacial score (nSPS) is 14.8. The molecule has 0 rings (SSSR count). The maximum Gasteiger partial charge on any atom is 0.242 e. The van der Waals surface area contributed by atoms with Crippen molar-refractivity contribution in [2.24, 2.45) is 5.73 Å². The molecule has 0 bridgehead atoms. The summed E-state index contributed by atoms with van der Waals surface area (Å²) >= 11 is 0. The highest BCUT2D eigenvalue weighted by Gasteiger charge is 2.31. The van der Waals surface area contributed by atoms with Crippen molar-refractivity contribution in [3.63, 3.8) is 0 Å². The lowest BCUT2D eigenvalue weighted by atomic mass is 9.96. The van der Waals surface area contributed by atoms with Gasteiger partial charge in [0.2, 0.25) is 11.8 Å². The summed E-state index contributed by atoms with van der Waals surface area (Å²) in [6.07, 6.45) is 1.44. The van der Waals surface area contributed by atoms with Gasteiger partial charge in [0.1, 0.15) is 0 Å². The van der Waals surface area contributed by atoms with Crippen LogP contribution in [0.4, 0.5) is 0 Å². The van der Waals surface area contributed by atoms with Gasteiger partial charge in [-0.1, -0.05) is 13.3 Å². The topological polar surface area (TPSA) is 75.4 Å². The molecule has 0 aromatic heterocycles. The van der Waals surface area contributed by atoms with E-state index in [1.54, 1.807) is 14.0 Å². The van der Waals surface area contributed by atoms with Gasteiger partial charge < -0.3 is 16.0 Å². The van der Waals surface area contributed by atoms with E-state index in [9.17, 15) is 9.59 Å². The van der Waals surface area contributed by atoms with Crippen LogP contribution in [-0.4, -0.2) is 41.4 Å². The van der Waals surface area contributed by atoms with Crippen LogP contribution in [0, 0.1) is 0 Å². The monoisotopic (exact) mass is 257 g/mol. The highest BCUT2D eigenvalue weighted by atomic mass is 16.2. The number of hydrogen-bond donors (Lipinski definition) is 2. The number of rotatable bonds is 5. The van der Waals surface area contributed by atoms with Crippen LogP contribution in [0.1, 0.15) is 47.5 Å². The van der Waals surface area contributed by atoms with E-state index in [-0.39, 0.29) is 23.9 Å². The third-order valence-corrected chi connectivity index (χ3v) is 2.50. The van der Waals surface area contributed by atoms with Crippen LogP contribution in [0.2, 0.25) is 0 Å². The van der Waals surface area contributed by atoms with Crippen molar-refractivity contribution in [3.05, 3.63) is 0 Å². The van der Waals surface area contributed by atoms with E-state index in [4.69, 9.17) is 5.73 Å². The highest BCUT2D eigenvalue weighted by Crippen LogP contribution is 2.11. The molecule has 1 atom stereocenters. The van der Waals surface area contributed by atoms with Crippen LogP contribution >= 0.6 is 0 Å². The smallest absolute Gasteiger partial charge is 0.242 e. The van der Waals surface area contributed by atoms with Gasteiger partial charge >= 0.3 is 0 Å². The van der Waals surface area contributed by atoms with Gasteiger partial charge in [-0.2, -0.15) is 0 Å². The average Bonchev–Trinajstić information content (AvgIpc) is 2.12. The number of likely N-dealkylation sites (N-methyl/N-ethyl adjacent to an activating group) is 1. The Hall–Kier alpha value is -1.10. The first kappa shape index (κ1) is 16.9. The molecule has 5 nitrogen and oxygen atoms in total. The van der Waals surface area contributed by atoms with Crippen LogP contribution in [0.15, 0.2) is 0 Å². The molecule has 106 valence electrons. The molecule has 0 radical (unpaired) electrons. The molecule has 0 saturated heterocycles. The molecule has 5 heteroatoms.